The summed E-state index contributed by atoms with van der Waals surface area (Å²) in [6, 6.07) is 5.66. The maximum absolute atomic E-state index is 12.3. The molecule has 0 bridgehead atoms. The minimum atomic E-state index is -0.0135. The third kappa shape index (κ3) is 3.30. The first-order valence-corrected chi connectivity index (χ1v) is 6.17. The summed E-state index contributed by atoms with van der Waals surface area (Å²) < 4.78 is 0.850. The van der Waals surface area contributed by atoms with E-state index in [0.29, 0.717) is 18.7 Å². The Balaban J connectivity index is 3.04. The topological polar surface area (TPSA) is 20.3 Å². The standard InChI is InChI=1S/C14H16BrNO/c1-4-9-16(10-5-2)14(17)12-8-6-7-11(3)13(12)15/h4-8H,1-2,9-10H2,3H3. The Morgan fingerprint density at radius 1 is 1.35 bits per heavy atom. The summed E-state index contributed by atoms with van der Waals surface area (Å²) in [5.41, 5.74) is 1.72. The molecule has 0 aliphatic rings. The van der Waals surface area contributed by atoms with E-state index in [4.69, 9.17) is 0 Å². The molecule has 0 atom stereocenters. The van der Waals surface area contributed by atoms with Crippen LogP contribution in [0.3, 0.4) is 0 Å². The van der Waals surface area contributed by atoms with Crippen molar-refractivity contribution in [2.24, 2.45) is 0 Å². The van der Waals surface area contributed by atoms with Crippen molar-refractivity contribution in [2.75, 3.05) is 13.1 Å². The molecular formula is C14H16BrNO. The number of amides is 1. The van der Waals surface area contributed by atoms with Crippen LogP contribution in [0.4, 0.5) is 0 Å². The Morgan fingerprint density at radius 3 is 2.47 bits per heavy atom. The third-order valence-corrected chi connectivity index (χ3v) is 3.46. The van der Waals surface area contributed by atoms with Crippen LogP contribution < -0.4 is 0 Å². The van der Waals surface area contributed by atoms with Crippen LogP contribution in [0.15, 0.2) is 48.0 Å². The van der Waals surface area contributed by atoms with Gasteiger partial charge in [0.1, 0.15) is 0 Å². The predicted octanol–water partition coefficient (Wildman–Crippen LogP) is 3.57. The summed E-state index contributed by atoms with van der Waals surface area (Å²) in [7, 11) is 0. The molecule has 0 fully saturated rings. The van der Waals surface area contributed by atoms with Gasteiger partial charge in [0.25, 0.3) is 5.91 Å². The number of halogens is 1. The SMILES string of the molecule is C=CCN(CC=C)C(=O)c1cccc(C)c1Br. The van der Waals surface area contributed by atoms with Crippen LogP contribution in [0, 0.1) is 6.92 Å². The lowest BCUT2D eigenvalue weighted by molar-refractivity contribution is 0.0790. The number of aryl methyl sites for hydroxylation is 1. The van der Waals surface area contributed by atoms with Crippen molar-refractivity contribution in [3.63, 3.8) is 0 Å². The highest BCUT2D eigenvalue weighted by molar-refractivity contribution is 9.10. The third-order valence-electron chi connectivity index (χ3n) is 2.41. The predicted molar refractivity (Wildman–Crippen MR) is 75.2 cm³/mol. The van der Waals surface area contributed by atoms with Crippen LogP contribution in [-0.2, 0) is 0 Å². The molecule has 0 heterocycles. The molecule has 1 rings (SSSR count). The summed E-state index contributed by atoms with van der Waals surface area (Å²) in [6.45, 7) is 10.3. The average Bonchev–Trinajstić information content (AvgIpc) is 2.31. The molecule has 17 heavy (non-hydrogen) atoms. The molecule has 0 saturated heterocycles. The van der Waals surface area contributed by atoms with Gasteiger partial charge in [-0.1, -0.05) is 24.3 Å². The molecular weight excluding hydrogens is 278 g/mol. The molecule has 2 nitrogen and oxygen atoms in total. The van der Waals surface area contributed by atoms with E-state index in [2.05, 4.69) is 29.1 Å². The minimum Gasteiger partial charge on any atom is -0.331 e. The first kappa shape index (κ1) is 13.7. The van der Waals surface area contributed by atoms with Crippen molar-refractivity contribution in [1.29, 1.82) is 0 Å². The van der Waals surface area contributed by atoms with E-state index >= 15 is 0 Å². The molecule has 0 radical (unpaired) electrons. The van der Waals surface area contributed by atoms with E-state index in [1.807, 2.05) is 25.1 Å². The Hall–Kier alpha value is -1.35. The fourth-order valence-corrected chi connectivity index (χ4v) is 1.97. The molecule has 0 aliphatic carbocycles. The van der Waals surface area contributed by atoms with Gasteiger partial charge in [0, 0.05) is 17.6 Å². The van der Waals surface area contributed by atoms with Crippen molar-refractivity contribution in [2.45, 2.75) is 6.92 Å². The molecule has 0 N–H and O–H groups in total. The van der Waals surface area contributed by atoms with Gasteiger partial charge in [-0.05, 0) is 34.5 Å². The number of hydrogen-bond donors (Lipinski definition) is 0. The summed E-state index contributed by atoms with van der Waals surface area (Å²) >= 11 is 3.45. The zero-order valence-corrected chi connectivity index (χ0v) is 11.5. The van der Waals surface area contributed by atoms with Crippen LogP contribution in [-0.4, -0.2) is 23.9 Å². The first-order chi connectivity index (χ1) is 8.11. The average molecular weight is 294 g/mol. The van der Waals surface area contributed by atoms with Gasteiger partial charge in [0.05, 0.1) is 5.56 Å². The van der Waals surface area contributed by atoms with Crippen molar-refractivity contribution < 1.29 is 4.79 Å². The smallest absolute Gasteiger partial charge is 0.255 e. The number of nitrogens with zero attached hydrogens (tertiary/aromatic N) is 1. The fraction of sp³-hybridized carbons (Fsp3) is 0.214. The van der Waals surface area contributed by atoms with Gasteiger partial charge >= 0.3 is 0 Å². The van der Waals surface area contributed by atoms with Crippen LogP contribution in [0.5, 0.6) is 0 Å². The molecule has 1 amide bonds. The molecule has 1 aromatic carbocycles. The summed E-state index contributed by atoms with van der Waals surface area (Å²) in [6.07, 6.45) is 3.43. The second kappa shape index (κ2) is 6.40. The molecule has 0 aromatic heterocycles. The Kier molecular flexibility index (Phi) is 5.16. The maximum Gasteiger partial charge on any atom is 0.255 e. The van der Waals surface area contributed by atoms with Gasteiger partial charge in [-0.3, -0.25) is 4.79 Å². The maximum atomic E-state index is 12.3. The normalized spacial score (nSPS) is 9.76. The van der Waals surface area contributed by atoms with E-state index in [-0.39, 0.29) is 5.91 Å². The Bertz CT molecular complexity index is 430. The van der Waals surface area contributed by atoms with Gasteiger partial charge in [0.2, 0.25) is 0 Å². The highest BCUT2D eigenvalue weighted by Gasteiger charge is 2.16. The minimum absolute atomic E-state index is 0.0135. The summed E-state index contributed by atoms with van der Waals surface area (Å²) in [5.74, 6) is -0.0135. The lowest BCUT2D eigenvalue weighted by Gasteiger charge is -2.20. The number of carbonyl (C=O) groups is 1. The number of hydrogen-bond acceptors (Lipinski definition) is 1. The largest absolute Gasteiger partial charge is 0.331 e. The van der Waals surface area contributed by atoms with Crippen molar-refractivity contribution >= 4 is 21.8 Å². The quantitative estimate of drug-likeness (QED) is 0.760. The summed E-state index contributed by atoms with van der Waals surface area (Å²) in [5, 5.41) is 0. The lowest BCUT2D eigenvalue weighted by atomic mass is 10.1. The van der Waals surface area contributed by atoms with Crippen molar-refractivity contribution in [3.05, 3.63) is 59.1 Å². The molecule has 90 valence electrons. The second-order valence-electron chi connectivity index (χ2n) is 3.72. The molecule has 0 aliphatic heterocycles. The molecule has 0 spiro atoms. The highest BCUT2D eigenvalue weighted by atomic mass is 79.9. The van der Waals surface area contributed by atoms with E-state index in [9.17, 15) is 4.79 Å². The van der Waals surface area contributed by atoms with Crippen molar-refractivity contribution in [1.82, 2.24) is 4.90 Å². The Labute approximate surface area is 111 Å². The second-order valence-corrected chi connectivity index (χ2v) is 4.52. The molecule has 3 heteroatoms. The van der Waals surface area contributed by atoms with E-state index in [1.165, 1.54) is 0 Å². The van der Waals surface area contributed by atoms with Crippen LogP contribution >= 0.6 is 15.9 Å². The van der Waals surface area contributed by atoms with Crippen LogP contribution in [0.2, 0.25) is 0 Å². The number of benzene rings is 1. The number of carbonyl (C=O) groups excluding carboxylic acids is 1. The van der Waals surface area contributed by atoms with E-state index < -0.39 is 0 Å². The molecule has 1 aromatic rings. The van der Waals surface area contributed by atoms with E-state index in [0.717, 1.165) is 10.0 Å². The van der Waals surface area contributed by atoms with Crippen molar-refractivity contribution in [3.8, 4) is 0 Å². The zero-order valence-electron chi connectivity index (χ0n) is 9.95. The summed E-state index contributed by atoms with van der Waals surface area (Å²) in [4.78, 5) is 14.0. The van der Waals surface area contributed by atoms with Gasteiger partial charge in [-0.25, -0.2) is 0 Å². The van der Waals surface area contributed by atoms with Gasteiger partial charge in [0.15, 0.2) is 0 Å². The monoisotopic (exact) mass is 293 g/mol. The fourth-order valence-electron chi connectivity index (χ4n) is 1.53. The van der Waals surface area contributed by atoms with Gasteiger partial charge in [-0.15, -0.1) is 13.2 Å². The van der Waals surface area contributed by atoms with Gasteiger partial charge < -0.3 is 4.90 Å². The van der Waals surface area contributed by atoms with E-state index in [1.54, 1.807) is 17.1 Å². The molecule has 0 saturated carbocycles. The lowest BCUT2D eigenvalue weighted by Crippen LogP contribution is -2.31. The van der Waals surface area contributed by atoms with Gasteiger partial charge in [-0.2, -0.15) is 0 Å². The van der Waals surface area contributed by atoms with Crippen LogP contribution in [0.1, 0.15) is 15.9 Å². The number of rotatable bonds is 5. The van der Waals surface area contributed by atoms with Crippen LogP contribution in [0.25, 0.3) is 0 Å². The Morgan fingerprint density at radius 2 is 1.94 bits per heavy atom. The highest BCUT2D eigenvalue weighted by Crippen LogP contribution is 2.22. The zero-order chi connectivity index (χ0) is 12.8. The first-order valence-electron chi connectivity index (χ1n) is 5.38. The molecule has 0 unspecified atom stereocenters.